The zero-order valence-corrected chi connectivity index (χ0v) is 17.0. The molecule has 0 N–H and O–H groups in total. The molecular formula is C24H23N3O3. The van der Waals surface area contributed by atoms with E-state index in [2.05, 4.69) is 12.1 Å². The average molecular weight is 401 g/mol. The largest absolute Gasteiger partial charge is 0.440 e. The highest BCUT2D eigenvalue weighted by atomic mass is 16.7. The molecule has 0 amide bonds. The van der Waals surface area contributed by atoms with Crippen LogP contribution in [-0.2, 0) is 22.4 Å². The van der Waals surface area contributed by atoms with Crippen LogP contribution in [0.2, 0.25) is 0 Å². The van der Waals surface area contributed by atoms with Gasteiger partial charge in [0.05, 0.1) is 11.4 Å². The maximum atomic E-state index is 11.2. The molecule has 4 aromatic rings. The van der Waals surface area contributed by atoms with Crippen LogP contribution < -0.4 is 4.74 Å². The van der Waals surface area contributed by atoms with Gasteiger partial charge >= 0.3 is 5.97 Å². The van der Waals surface area contributed by atoms with Gasteiger partial charge in [0.1, 0.15) is 5.69 Å². The van der Waals surface area contributed by atoms with Crippen LogP contribution in [0.5, 0.6) is 5.88 Å². The molecule has 0 saturated heterocycles. The standard InChI is InChI=1S/C24H23N3O3/c1-3-20-24(30-16-29-17(2)28)27-15-22(19-12-8-5-9-13-19)25-21(23(27)26-20)14-18-10-6-4-7-11-18/h4-13,15H,3,14,16H2,1-2H3. The van der Waals surface area contributed by atoms with Gasteiger partial charge < -0.3 is 9.47 Å². The molecule has 0 unspecified atom stereocenters. The Bertz CT molecular complexity index is 1150. The topological polar surface area (TPSA) is 65.7 Å². The third-order valence-electron chi connectivity index (χ3n) is 4.78. The van der Waals surface area contributed by atoms with E-state index in [1.807, 2.05) is 66.1 Å². The predicted octanol–water partition coefficient (Wildman–Crippen LogP) is 4.45. The van der Waals surface area contributed by atoms with Gasteiger partial charge in [-0.15, -0.1) is 0 Å². The molecule has 2 aromatic heterocycles. The smallest absolute Gasteiger partial charge is 0.305 e. The number of imidazole rings is 1. The van der Waals surface area contributed by atoms with Crippen molar-refractivity contribution in [3.8, 4) is 17.1 Å². The fourth-order valence-corrected chi connectivity index (χ4v) is 3.34. The molecule has 0 radical (unpaired) electrons. The SMILES string of the molecule is CCc1nc2c(Cc3ccccc3)nc(-c3ccccc3)cn2c1OCOC(C)=O. The number of benzene rings is 2. The first kappa shape index (κ1) is 19.6. The second-order valence-corrected chi connectivity index (χ2v) is 6.91. The number of aromatic nitrogens is 3. The number of carbonyl (C=O) groups is 1. The summed E-state index contributed by atoms with van der Waals surface area (Å²) in [5.41, 5.74) is 5.38. The van der Waals surface area contributed by atoms with Crippen molar-refractivity contribution in [1.82, 2.24) is 14.4 Å². The number of aryl methyl sites for hydroxylation is 1. The van der Waals surface area contributed by atoms with Crippen molar-refractivity contribution in [2.45, 2.75) is 26.7 Å². The Morgan fingerprint density at radius 1 is 0.967 bits per heavy atom. The van der Waals surface area contributed by atoms with Gasteiger partial charge in [0.25, 0.3) is 0 Å². The zero-order chi connectivity index (χ0) is 20.9. The molecule has 0 aliphatic carbocycles. The minimum Gasteiger partial charge on any atom is -0.440 e. The van der Waals surface area contributed by atoms with E-state index >= 15 is 0 Å². The third kappa shape index (κ3) is 4.17. The highest BCUT2D eigenvalue weighted by Crippen LogP contribution is 2.28. The highest BCUT2D eigenvalue weighted by Gasteiger charge is 2.18. The van der Waals surface area contributed by atoms with Crippen molar-refractivity contribution in [3.63, 3.8) is 0 Å². The van der Waals surface area contributed by atoms with E-state index in [9.17, 15) is 4.79 Å². The summed E-state index contributed by atoms with van der Waals surface area (Å²) in [4.78, 5) is 20.9. The number of nitrogens with zero attached hydrogens (tertiary/aromatic N) is 3. The molecule has 0 atom stereocenters. The van der Waals surface area contributed by atoms with Gasteiger partial charge in [-0.1, -0.05) is 67.6 Å². The lowest BCUT2D eigenvalue weighted by atomic mass is 10.1. The molecular weight excluding hydrogens is 378 g/mol. The van der Waals surface area contributed by atoms with Crippen LogP contribution in [0.1, 0.15) is 30.8 Å². The van der Waals surface area contributed by atoms with E-state index in [4.69, 9.17) is 19.4 Å². The second-order valence-electron chi connectivity index (χ2n) is 6.91. The molecule has 0 aliphatic heterocycles. The van der Waals surface area contributed by atoms with Crippen molar-refractivity contribution in [2.75, 3.05) is 6.79 Å². The van der Waals surface area contributed by atoms with Crippen molar-refractivity contribution in [1.29, 1.82) is 0 Å². The number of hydrogen-bond donors (Lipinski definition) is 0. The van der Waals surface area contributed by atoms with Crippen molar-refractivity contribution in [3.05, 3.63) is 83.8 Å². The van der Waals surface area contributed by atoms with E-state index in [1.165, 1.54) is 6.92 Å². The Labute approximate surface area is 175 Å². The van der Waals surface area contributed by atoms with Crippen LogP contribution in [0, 0.1) is 0 Å². The molecule has 30 heavy (non-hydrogen) atoms. The second kappa shape index (κ2) is 8.78. The molecule has 0 spiro atoms. The van der Waals surface area contributed by atoms with Crippen molar-refractivity contribution < 1.29 is 14.3 Å². The van der Waals surface area contributed by atoms with E-state index in [1.54, 1.807) is 0 Å². The van der Waals surface area contributed by atoms with Crippen LogP contribution in [0.15, 0.2) is 66.9 Å². The van der Waals surface area contributed by atoms with Gasteiger partial charge in [0.15, 0.2) is 5.65 Å². The Kier molecular flexibility index (Phi) is 5.75. The molecule has 4 rings (SSSR count). The summed E-state index contributed by atoms with van der Waals surface area (Å²) in [5, 5.41) is 0. The highest BCUT2D eigenvalue weighted by molar-refractivity contribution is 5.66. The summed E-state index contributed by atoms with van der Waals surface area (Å²) < 4.78 is 12.7. The van der Waals surface area contributed by atoms with Gasteiger partial charge in [-0.05, 0) is 12.0 Å². The normalized spacial score (nSPS) is 10.9. The Morgan fingerprint density at radius 3 is 2.33 bits per heavy atom. The molecule has 6 nitrogen and oxygen atoms in total. The van der Waals surface area contributed by atoms with Gasteiger partial charge in [0.2, 0.25) is 12.7 Å². The maximum absolute atomic E-state index is 11.2. The average Bonchev–Trinajstić information content (AvgIpc) is 3.13. The Balaban J connectivity index is 1.85. The van der Waals surface area contributed by atoms with Crippen LogP contribution >= 0.6 is 0 Å². The van der Waals surface area contributed by atoms with Crippen molar-refractivity contribution >= 4 is 11.6 Å². The van der Waals surface area contributed by atoms with Crippen LogP contribution in [0.3, 0.4) is 0 Å². The molecule has 0 bridgehead atoms. The lowest BCUT2D eigenvalue weighted by Gasteiger charge is -2.11. The monoisotopic (exact) mass is 401 g/mol. The van der Waals surface area contributed by atoms with Gasteiger partial charge in [-0.2, -0.15) is 0 Å². The van der Waals surface area contributed by atoms with E-state index in [-0.39, 0.29) is 6.79 Å². The summed E-state index contributed by atoms with van der Waals surface area (Å²) in [6, 6.07) is 20.2. The molecule has 152 valence electrons. The predicted molar refractivity (Wildman–Crippen MR) is 114 cm³/mol. The minimum atomic E-state index is -0.390. The first-order chi connectivity index (χ1) is 14.7. The Hall–Kier alpha value is -3.67. The fourth-order valence-electron chi connectivity index (χ4n) is 3.34. The lowest BCUT2D eigenvalue weighted by Crippen LogP contribution is -2.09. The summed E-state index contributed by atoms with van der Waals surface area (Å²) in [6.45, 7) is 3.21. The molecule has 0 saturated carbocycles. The van der Waals surface area contributed by atoms with E-state index in [0.29, 0.717) is 18.7 Å². The molecule has 2 aromatic carbocycles. The van der Waals surface area contributed by atoms with Gasteiger partial charge in [0, 0.05) is 25.1 Å². The van der Waals surface area contributed by atoms with Gasteiger partial charge in [-0.3, -0.25) is 9.20 Å². The maximum Gasteiger partial charge on any atom is 0.305 e. The quantitative estimate of drug-likeness (QED) is 0.338. The van der Waals surface area contributed by atoms with Crippen LogP contribution in [0.4, 0.5) is 0 Å². The number of rotatable bonds is 7. The number of hydrogen-bond acceptors (Lipinski definition) is 5. The van der Waals surface area contributed by atoms with E-state index < -0.39 is 5.97 Å². The fraction of sp³-hybridized carbons (Fsp3) is 0.208. The van der Waals surface area contributed by atoms with E-state index in [0.717, 1.165) is 33.9 Å². The van der Waals surface area contributed by atoms with Crippen LogP contribution in [0.25, 0.3) is 16.9 Å². The third-order valence-corrected chi connectivity index (χ3v) is 4.78. The zero-order valence-electron chi connectivity index (χ0n) is 17.0. The van der Waals surface area contributed by atoms with Crippen molar-refractivity contribution in [2.24, 2.45) is 0 Å². The summed E-state index contributed by atoms with van der Waals surface area (Å²) in [5.74, 6) is 0.181. The molecule has 6 heteroatoms. The number of carbonyl (C=O) groups excluding carboxylic acids is 1. The van der Waals surface area contributed by atoms with Gasteiger partial charge in [-0.25, -0.2) is 9.97 Å². The first-order valence-electron chi connectivity index (χ1n) is 9.92. The lowest BCUT2D eigenvalue weighted by molar-refractivity contribution is -0.147. The molecule has 0 aliphatic rings. The summed E-state index contributed by atoms with van der Waals surface area (Å²) in [7, 11) is 0. The molecule has 0 fully saturated rings. The summed E-state index contributed by atoms with van der Waals surface area (Å²) >= 11 is 0. The number of ether oxygens (including phenoxy) is 2. The van der Waals surface area contributed by atoms with Crippen LogP contribution in [-0.4, -0.2) is 27.1 Å². The number of esters is 1. The first-order valence-corrected chi connectivity index (χ1v) is 9.92. The number of fused-ring (bicyclic) bond motifs is 1. The summed E-state index contributed by atoms with van der Waals surface area (Å²) in [6.07, 6.45) is 3.26. The Morgan fingerprint density at radius 2 is 1.67 bits per heavy atom. The molecule has 2 heterocycles. The minimum absolute atomic E-state index is 0.160.